The quantitative estimate of drug-likeness (QED) is 0.668. The molecular weight excluding hydrogens is 166 g/mol. The molecule has 0 aromatic carbocycles. The second-order valence-corrected chi connectivity index (χ2v) is 4.71. The lowest BCUT2D eigenvalue weighted by molar-refractivity contribution is -0.0240. The monoisotopic (exact) mass is 187 g/mol. The second kappa shape index (κ2) is 4.40. The van der Waals surface area contributed by atoms with Gasteiger partial charge in [-0.2, -0.15) is 0 Å². The molecule has 1 saturated heterocycles. The van der Waals surface area contributed by atoms with E-state index in [4.69, 9.17) is 4.74 Å². The van der Waals surface area contributed by atoms with Crippen LogP contribution in [0.4, 0.5) is 0 Å². The number of aliphatic hydroxyl groups is 1. The van der Waals surface area contributed by atoms with Crippen LogP contribution < -0.4 is 5.32 Å². The predicted molar refractivity (Wildman–Crippen MR) is 52.7 cm³/mol. The van der Waals surface area contributed by atoms with Gasteiger partial charge in [-0.3, -0.25) is 0 Å². The van der Waals surface area contributed by atoms with Gasteiger partial charge >= 0.3 is 0 Å². The second-order valence-electron chi connectivity index (χ2n) is 4.71. The Bertz CT molecular complexity index is 153. The number of rotatable bonds is 5. The summed E-state index contributed by atoms with van der Waals surface area (Å²) in [7, 11) is 0. The van der Waals surface area contributed by atoms with Crippen LogP contribution in [0.2, 0.25) is 0 Å². The van der Waals surface area contributed by atoms with Gasteiger partial charge in [0.2, 0.25) is 0 Å². The zero-order chi connectivity index (χ0) is 9.90. The van der Waals surface area contributed by atoms with Crippen molar-refractivity contribution in [3.63, 3.8) is 0 Å². The maximum atomic E-state index is 9.95. The molecule has 0 aromatic heterocycles. The summed E-state index contributed by atoms with van der Waals surface area (Å²) in [6, 6.07) is 0.457. The summed E-state index contributed by atoms with van der Waals surface area (Å²) >= 11 is 0. The van der Waals surface area contributed by atoms with E-state index in [-0.39, 0.29) is 0 Å². The Morgan fingerprint density at radius 1 is 1.54 bits per heavy atom. The zero-order valence-corrected chi connectivity index (χ0v) is 8.84. The molecule has 0 saturated carbocycles. The smallest absolute Gasteiger partial charge is 0.0746 e. The highest BCUT2D eigenvalue weighted by Gasteiger charge is 2.25. The van der Waals surface area contributed by atoms with Crippen LogP contribution in [0.1, 0.15) is 27.2 Å². The molecule has 13 heavy (non-hydrogen) atoms. The molecule has 0 spiro atoms. The zero-order valence-electron chi connectivity index (χ0n) is 8.84. The van der Waals surface area contributed by atoms with Gasteiger partial charge in [-0.15, -0.1) is 0 Å². The van der Waals surface area contributed by atoms with Gasteiger partial charge in [-0.05, 0) is 19.3 Å². The molecule has 3 heteroatoms. The number of nitrogens with one attached hydrogen (secondary N) is 1. The summed E-state index contributed by atoms with van der Waals surface area (Å²) in [4.78, 5) is 0. The van der Waals surface area contributed by atoms with Crippen molar-refractivity contribution < 1.29 is 9.84 Å². The Morgan fingerprint density at radius 2 is 2.15 bits per heavy atom. The fourth-order valence-electron chi connectivity index (χ4n) is 1.67. The summed E-state index contributed by atoms with van der Waals surface area (Å²) in [5, 5.41) is 13.2. The summed E-state index contributed by atoms with van der Waals surface area (Å²) in [5.74, 6) is 0.537. The highest BCUT2D eigenvalue weighted by atomic mass is 16.5. The van der Waals surface area contributed by atoms with Crippen molar-refractivity contribution in [2.24, 2.45) is 5.92 Å². The maximum absolute atomic E-state index is 9.95. The lowest BCUT2D eigenvalue weighted by Crippen LogP contribution is -2.51. The van der Waals surface area contributed by atoms with Crippen molar-refractivity contribution in [3.8, 4) is 0 Å². The van der Waals surface area contributed by atoms with E-state index in [1.165, 1.54) is 0 Å². The van der Waals surface area contributed by atoms with Crippen LogP contribution in [0, 0.1) is 5.92 Å². The average Bonchev–Trinajstić information content (AvgIpc) is 1.79. The fraction of sp³-hybridized carbons (Fsp3) is 1.00. The van der Waals surface area contributed by atoms with Crippen LogP contribution in [-0.2, 0) is 4.74 Å². The van der Waals surface area contributed by atoms with E-state index in [0.29, 0.717) is 18.5 Å². The van der Waals surface area contributed by atoms with Gasteiger partial charge in [-0.1, -0.05) is 13.8 Å². The minimum Gasteiger partial charge on any atom is -0.389 e. The summed E-state index contributed by atoms with van der Waals surface area (Å²) in [5.41, 5.74) is -0.580. The fourth-order valence-corrected chi connectivity index (χ4v) is 1.67. The van der Waals surface area contributed by atoms with E-state index in [0.717, 1.165) is 19.6 Å². The van der Waals surface area contributed by atoms with E-state index >= 15 is 0 Å². The number of hydrogen-bond acceptors (Lipinski definition) is 3. The summed E-state index contributed by atoms with van der Waals surface area (Å²) in [6.45, 7) is 8.39. The average molecular weight is 187 g/mol. The lowest BCUT2D eigenvalue weighted by Gasteiger charge is -2.32. The van der Waals surface area contributed by atoms with Gasteiger partial charge in [0.15, 0.2) is 0 Å². The molecule has 0 radical (unpaired) electrons. The Labute approximate surface area is 80.5 Å². The van der Waals surface area contributed by atoms with Gasteiger partial charge < -0.3 is 15.2 Å². The van der Waals surface area contributed by atoms with E-state index < -0.39 is 5.60 Å². The molecule has 1 unspecified atom stereocenters. The molecule has 1 aliphatic heterocycles. The highest BCUT2D eigenvalue weighted by Crippen LogP contribution is 2.15. The normalized spacial score (nSPS) is 22.8. The SMILES string of the molecule is CC(C)CC(C)(O)CNC1COC1. The van der Waals surface area contributed by atoms with Crippen molar-refractivity contribution in [1.82, 2.24) is 5.32 Å². The van der Waals surface area contributed by atoms with Crippen LogP contribution in [0.5, 0.6) is 0 Å². The molecule has 1 fully saturated rings. The van der Waals surface area contributed by atoms with Crippen LogP contribution >= 0.6 is 0 Å². The molecule has 1 heterocycles. The van der Waals surface area contributed by atoms with Crippen molar-refractivity contribution in [3.05, 3.63) is 0 Å². The van der Waals surface area contributed by atoms with E-state index in [9.17, 15) is 5.11 Å². The minimum atomic E-state index is -0.580. The minimum absolute atomic E-state index is 0.457. The molecule has 3 nitrogen and oxygen atoms in total. The number of ether oxygens (including phenoxy) is 1. The van der Waals surface area contributed by atoms with Gasteiger partial charge in [0, 0.05) is 6.54 Å². The predicted octanol–water partition coefficient (Wildman–Crippen LogP) is 0.772. The molecule has 0 aromatic rings. The van der Waals surface area contributed by atoms with E-state index in [2.05, 4.69) is 19.2 Å². The van der Waals surface area contributed by atoms with Crippen molar-refractivity contribution in [2.75, 3.05) is 19.8 Å². The lowest BCUT2D eigenvalue weighted by atomic mass is 9.94. The third kappa shape index (κ3) is 4.07. The first-order chi connectivity index (χ1) is 5.99. The molecule has 0 bridgehead atoms. The highest BCUT2D eigenvalue weighted by molar-refractivity contribution is 4.81. The van der Waals surface area contributed by atoms with Gasteiger partial charge in [0.1, 0.15) is 0 Å². The topological polar surface area (TPSA) is 41.5 Å². The van der Waals surface area contributed by atoms with Crippen LogP contribution in [0.25, 0.3) is 0 Å². The Balaban J connectivity index is 2.16. The van der Waals surface area contributed by atoms with Gasteiger partial charge in [-0.25, -0.2) is 0 Å². The van der Waals surface area contributed by atoms with Crippen molar-refractivity contribution in [2.45, 2.75) is 38.8 Å². The van der Waals surface area contributed by atoms with E-state index in [1.807, 2.05) is 6.92 Å². The third-order valence-corrected chi connectivity index (χ3v) is 2.26. The summed E-state index contributed by atoms with van der Waals surface area (Å²) in [6.07, 6.45) is 0.841. The largest absolute Gasteiger partial charge is 0.389 e. The van der Waals surface area contributed by atoms with E-state index in [1.54, 1.807) is 0 Å². The van der Waals surface area contributed by atoms with Crippen LogP contribution in [0.15, 0.2) is 0 Å². The molecule has 78 valence electrons. The molecule has 0 aliphatic carbocycles. The van der Waals surface area contributed by atoms with Gasteiger partial charge in [0.25, 0.3) is 0 Å². The third-order valence-electron chi connectivity index (χ3n) is 2.26. The molecule has 1 atom stereocenters. The molecular formula is C10H21NO2. The first kappa shape index (κ1) is 11.0. The first-order valence-electron chi connectivity index (χ1n) is 5.03. The molecule has 0 amide bonds. The standard InChI is InChI=1S/C10H21NO2/c1-8(2)4-10(3,12)7-11-9-5-13-6-9/h8-9,11-12H,4-7H2,1-3H3. The number of hydrogen-bond donors (Lipinski definition) is 2. The molecule has 1 rings (SSSR count). The van der Waals surface area contributed by atoms with Gasteiger partial charge in [0.05, 0.1) is 24.9 Å². The Morgan fingerprint density at radius 3 is 2.54 bits per heavy atom. The van der Waals surface area contributed by atoms with Crippen molar-refractivity contribution >= 4 is 0 Å². The van der Waals surface area contributed by atoms with Crippen molar-refractivity contribution in [1.29, 1.82) is 0 Å². The molecule has 2 N–H and O–H groups in total. The maximum Gasteiger partial charge on any atom is 0.0746 e. The van der Waals surface area contributed by atoms with Crippen LogP contribution in [-0.4, -0.2) is 36.5 Å². The van der Waals surface area contributed by atoms with Crippen LogP contribution in [0.3, 0.4) is 0 Å². The first-order valence-corrected chi connectivity index (χ1v) is 5.03. The molecule has 1 aliphatic rings. The Hall–Kier alpha value is -0.120. The Kier molecular flexibility index (Phi) is 3.71. The summed E-state index contributed by atoms with van der Waals surface area (Å²) < 4.78 is 5.04.